The van der Waals surface area contributed by atoms with E-state index >= 15 is 0 Å². The van der Waals surface area contributed by atoms with Crippen molar-refractivity contribution in [2.75, 3.05) is 17.3 Å². The maximum Gasteiger partial charge on any atom is 0.247 e. The third kappa shape index (κ3) is 3.85. The van der Waals surface area contributed by atoms with Crippen molar-refractivity contribution in [3.63, 3.8) is 0 Å². The van der Waals surface area contributed by atoms with Crippen LogP contribution in [0.3, 0.4) is 0 Å². The van der Waals surface area contributed by atoms with Gasteiger partial charge in [0.05, 0.1) is 24.8 Å². The minimum absolute atomic E-state index is 0.0382. The Kier molecular flexibility index (Phi) is 4.58. The number of carbonyl (C=O) groups excluding carboxylic acids is 1. The molecule has 0 bridgehead atoms. The molecular formula is C19H21N9O. The van der Waals surface area contributed by atoms with Crippen molar-refractivity contribution in [1.29, 1.82) is 5.26 Å². The molecule has 1 saturated carbocycles. The van der Waals surface area contributed by atoms with E-state index in [9.17, 15) is 4.79 Å². The van der Waals surface area contributed by atoms with Gasteiger partial charge in [-0.2, -0.15) is 10.4 Å². The van der Waals surface area contributed by atoms with Crippen LogP contribution in [0.25, 0.3) is 11.2 Å². The Morgan fingerprint density at radius 3 is 2.72 bits per heavy atom. The molecule has 3 aromatic rings. The van der Waals surface area contributed by atoms with Crippen LogP contribution in [-0.2, 0) is 11.3 Å². The van der Waals surface area contributed by atoms with E-state index in [1.165, 1.54) is 17.1 Å². The smallest absolute Gasteiger partial charge is 0.247 e. The molecule has 1 amide bonds. The van der Waals surface area contributed by atoms with Gasteiger partial charge in [0.1, 0.15) is 23.9 Å². The fourth-order valence-electron chi connectivity index (χ4n) is 3.57. The van der Waals surface area contributed by atoms with Gasteiger partial charge in [-0.05, 0) is 18.3 Å². The first-order chi connectivity index (χ1) is 13.8. The molecule has 3 heterocycles. The third-order valence-corrected chi connectivity index (χ3v) is 5.15. The fourth-order valence-corrected chi connectivity index (χ4v) is 3.57. The average molecular weight is 391 g/mol. The summed E-state index contributed by atoms with van der Waals surface area (Å²) in [5.74, 6) is 0.706. The topological polar surface area (TPSA) is 126 Å². The zero-order valence-corrected chi connectivity index (χ0v) is 16.5. The molecule has 148 valence electrons. The van der Waals surface area contributed by atoms with Crippen molar-refractivity contribution in [1.82, 2.24) is 29.7 Å². The lowest BCUT2D eigenvalue weighted by Crippen LogP contribution is -2.47. The number of rotatable bonds is 5. The maximum atomic E-state index is 12.4. The molecule has 1 N–H and O–H groups in total. The van der Waals surface area contributed by atoms with E-state index in [0.29, 0.717) is 22.6 Å². The summed E-state index contributed by atoms with van der Waals surface area (Å²) in [6.07, 6.45) is 8.19. The first-order valence-electron chi connectivity index (χ1n) is 9.28. The van der Waals surface area contributed by atoms with Gasteiger partial charge >= 0.3 is 0 Å². The summed E-state index contributed by atoms with van der Waals surface area (Å²) in [4.78, 5) is 31.5. The molecule has 29 heavy (non-hydrogen) atoms. The minimum atomic E-state index is -0.324. The first kappa shape index (κ1) is 18.7. The highest BCUT2D eigenvalue weighted by Crippen LogP contribution is 2.43. The summed E-state index contributed by atoms with van der Waals surface area (Å²) in [5.41, 5.74) is 1.73. The molecule has 0 saturated heterocycles. The summed E-state index contributed by atoms with van der Waals surface area (Å²) in [6, 6.07) is 2.32. The minimum Gasteiger partial charge on any atom is -0.355 e. The predicted molar refractivity (Wildman–Crippen MR) is 106 cm³/mol. The van der Waals surface area contributed by atoms with Crippen molar-refractivity contribution < 1.29 is 4.79 Å². The molecular weight excluding hydrogens is 370 g/mol. The Hall–Kier alpha value is -3.61. The van der Waals surface area contributed by atoms with E-state index in [-0.39, 0.29) is 24.0 Å². The molecule has 0 radical (unpaired) electrons. The summed E-state index contributed by atoms with van der Waals surface area (Å²) in [7, 11) is 2.02. The standard InChI is InChI=1S/C19H21N9O/c1-19(2)4-13(5-19)27(3)16-10-22-14-8-24-28(18(14)26-16)11-17(29)25-15-9-21-12(6-20)7-23-15/h7-10,13H,4-5,11H2,1-3H3,(H,23,25,29). The lowest BCUT2D eigenvalue weighted by atomic mass is 9.68. The molecule has 1 fully saturated rings. The van der Waals surface area contributed by atoms with Gasteiger partial charge in [0.2, 0.25) is 5.91 Å². The van der Waals surface area contributed by atoms with Crippen molar-refractivity contribution >= 4 is 28.7 Å². The van der Waals surface area contributed by atoms with Crippen LogP contribution in [0.2, 0.25) is 0 Å². The molecule has 1 aliphatic rings. The fraction of sp³-hybridized carbons (Fsp3) is 0.421. The van der Waals surface area contributed by atoms with Gasteiger partial charge in [0, 0.05) is 13.1 Å². The van der Waals surface area contributed by atoms with Crippen molar-refractivity contribution in [2.24, 2.45) is 5.41 Å². The van der Waals surface area contributed by atoms with Gasteiger partial charge in [0.15, 0.2) is 17.2 Å². The highest BCUT2D eigenvalue weighted by molar-refractivity contribution is 5.90. The quantitative estimate of drug-likeness (QED) is 0.697. The van der Waals surface area contributed by atoms with Gasteiger partial charge in [-0.3, -0.25) is 4.79 Å². The van der Waals surface area contributed by atoms with Crippen LogP contribution in [0, 0.1) is 16.7 Å². The molecule has 4 rings (SSSR count). The van der Waals surface area contributed by atoms with Crippen LogP contribution in [0.5, 0.6) is 0 Å². The second-order valence-corrected chi connectivity index (χ2v) is 8.02. The molecule has 0 aliphatic heterocycles. The summed E-state index contributed by atoms with van der Waals surface area (Å²) < 4.78 is 1.51. The van der Waals surface area contributed by atoms with Gasteiger partial charge in [0.25, 0.3) is 0 Å². The Morgan fingerprint density at radius 2 is 2.07 bits per heavy atom. The zero-order valence-electron chi connectivity index (χ0n) is 16.5. The molecule has 0 atom stereocenters. The van der Waals surface area contributed by atoms with Crippen LogP contribution >= 0.6 is 0 Å². The average Bonchev–Trinajstić information content (AvgIpc) is 3.08. The number of hydrogen-bond donors (Lipinski definition) is 1. The number of aromatic nitrogens is 6. The number of fused-ring (bicyclic) bond motifs is 1. The van der Waals surface area contributed by atoms with Crippen LogP contribution in [0.1, 0.15) is 32.4 Å². The van der Waals surface area contributed by atoms with Gasteiger partial charge in [-0.1, -0.05) is 13.8 Å². The van der Waals surface area contributed by atoms with Crippen LogP contribution in [-0.4, -0.2) is 48.7 Å². The molecule has 10 heteroatoms. The third-order valence-electron chi connectivity index (χ3n) is 5.15. The summed E-state index contributed by atoms with van der Waals surface area (Å²) in [5, 5.41) is 15.6. The molecule has 0 aromatic carbocycles. The number of nitrogens with zero attached hydrogens (tertiary/aromatic N) is 8. The monoisotopic (exact) mass is 391 g/mol. The Bertz CT molecular complexity index is 1090. The second kappa shape index (κ2) is 7.09. The number of hydrogen-bond acceptors (Lipinski definition) is 8. The lowest BCUT2D eigenvalue weighted by Gasteiger charge is -2.47. The zero-order chi connectivity index (χ0) is 20.6. The Labute approximate surface area is 167 Å². The number of anilines is 2. The molecule has 10 nitrogen and oxygen atoms in total. The van der Waals surface area contributed by atoms with Crippen LogP contribution < -0.4 is 10.2 Å². The van der Waals surface area contributed by atoms with Crippen LogP contribution in [0.4, 0.5) is 11.6 Å². The Morgan fingerprint density at radius 1 is 1.28 bits per heavy atom. The van der Waals surface area contributed by atoms with E-state index in [2.05, 4.69) is 49.1 Å². The molecule has 3 aromatic heterocycles. The predicted octanol–water partition coefficient (Wildman–Crippen LogP) is 1.75. The number of carbonyl (C=O) groups is 1. The van der Waals surface area contributed by atoms with E-state index in [1.54, 1.807) is 12.4 Å². The number of amides is 1. The van der Waals surface area contributed by atoms with Crippen molar-refractivity contribution in [2.45, 2.75) is 39.3 Å². The van der Waals surface area contributed by atoms with Gasteiger partial charge in [-0.25, -0.2) is 24.6 Å². The Balaban J connectivity index is 1.48. The molecule has 1 aliphatic carbocycles. The maximum absolute atomic E-state index is 12.4. The lowest BCUT2D eigenvalue weighted by molar-refractivity contribution is -0.116. The number of nitriles is 1. The summed E-state index contributed by atoms with van der Waals surface area (Å²) >= 11 is 0. The van der Waals surface area contributed by atoms with Crippen LogP contribution in [0.15, 0.2) is 24.8 Å². The summed E-state index contributed by atoms with van der Waals surface area (Å²) in [6.45, 7) is 4.49. The van der Waals surface area contributed by atoms with Gasteiger partial charge in [-0.15, -0.1) is 0 Å². The largest absolute Gasteiger partial charge is 0.355 e. The highest BCUT2D eigenvalue weighted by atomic mass is 16.2. The SMILES string of the molecule is CN(c1cnc2cnn(CC(=O)Nc3cnc(C#N)cn3)c2n1)C1CC(C)(C)C1. The van der Waals surface area contributed by atoms with Crippen molar-refractivity contribution in [3.05, 3.63) is 30.5 Å². The second-order valence-electron chi connectivity index (χ2n) is 8.02. The van der Waals surface area contributed by atoms with E-state index in [0.717, 1.165) is 18.7 Å². The van der Waals surface area contributed by atoms with E-state index in [1.807, 2.05) is 13.1 Å². The molecule has 0 spiro atoms. The molecule has 0 unspecified atom stereocenters. The van der Waals surface area contributed by atoms with E-state index in [4.69, 9.17) is 5.26 Å². The van der Waals surface area contributed by atoms with E-state index < -0.39 is 0 Å². The van der Waals surface area contributed by atoms with Gasteiger partial charge < -0.3 is 10.2 Å². The first-order valence-corrected chi connectivity index (χ1v) is 9.28. The normalized spacial score (nSPS) is 15.5. The number of nitrogens with one attached hydrogen (secondary N) is 1. The van der Waals surface area contributed by atoms with Crippen molar-refractivity contribution in [3.8, 4) is 6.07 Å². The highest BCUT2D eigenvalue weighted by Gasteiger charge is 2.38.